The lowest BCUT2D eigenvalue weighted by Crippen LogP contribution is -2.14. The Morgan fingerprint density at radius 3 is 2.74 bits per heavy atom. The van der Waals surface area contributed by atoms with Gasteiger partial charge >= 0.3 is 0 Å². The average molecular weight is 543 g/mol. The number of fused-ring (bicyclic) bond motifs is 2. The van der Waals surface area contributed by atoms with Crippen molar-refractivity contribution in [2.24, 2.45) is 0 Å². The summed E-state index contributed by atoms with van der Waals surface area (Å²) in [6.45, 7) is 0. The molecule has 38 heavy (non-hydrogen) atoms. The van der Waals surface area contributed by atoms with E-state index in [2.05, 4.69) is 25.5 Å². The minimum absolute atomic E-state index is 0.119. The highest BCUT2D eigenvalue weighted by Gasteiger charge is 2.22. The standard InChI is InChI=1S/C27H22N6O3S2/c1-35-16-11-12-22(36-2)21(13-16)33-25(18-14-28-19-8-4-3-7-17(18)19)31-32-27(33)37-15-24(34)30-26-29-20-9-5-6-10-23(20)38-26/h3-14,28H,15H2,1-2H3,(H,29,30,34). The molecule has 3 heterocycles. The molecule has 0 atom stereocenters. The molecule has 6 aromatic rings. The molecular formula is C27H22N6O3S2. The van der Waals surface area contributed by atoms with Crippen LogP contribution in [0.3, 0.4) is 0 Å². The van der Waals surface area contributed by atoms with E-state index in [4.69, 9.17) is 9.47 Å². The minimum atomic E-state index is -0.185. The van der Waals surface area contributed by atoms with Crippen molar-refractivity contribution in [2.75, 3.05) is 25.3 Å². The maximum absolute atomic E-state index is 12.9. The van der Waals surface area contributed by atoms with Crippen LogP contribution >= 0.6 is 23.1 Å². The number of anilines is 1. The number of rotatable bonds is 8. The smallest absolute Gasteiger partial charge is 0.236 e. The number of hydrogen-bond acceptors (Lipinski definition) is 8. The zero-order chi connectivity index (χ0) is 26.1. The zero-order valence-electron chi connectivity index (χ0n) is 20.5. The Morgan fingerprint density at radius 1 is 1.05 bits per heavy atom. The van der Waals surface area contributed by atoms with Crippen molar-refractivity contribution < 1.29 is 14.3 Å². The number of methoxy groups -OCH3 is 2. The molecule has 0 radical (unpaired) electrons. The van der Waals surface area contributed by atoms with Crippen LogP contribution in [0.5, 0.6) is 11.5 Å². The molecule has 11 heteroatoms. The maximum atomic E-state index is 12.9. The van der Waals surface area contributed by atoms with Crippen LogP contribution in [0.25, 0.3) is 38.2 Å². The van der Waals surface area contributed by atoms with Crippen LogP contribution in [-0.4, -0.2) is 50.6 Å². The third-order valence-electron chi connectivity index (χ3n) is 5.96. The number of aromatic amines is 1. The van der Waals surface area contributed by atoms with E-state index < -0.39 is 0 Å². The summed E-state index contributed by atoms with van der Waals surface area (Å²) < 4.78 is 14.1. The molecule has 0 bridgehead atoms. The van der Waals surface area contributed by atoms with Gasteiger partial charge in [0.2, 0.25) is 5.91 Å². The maximum Gasteiger partial charge on any atom is 0.236 e. The Balaban J connectivity index is 1.36. The van der Waals surface area contributed by atoms with Gasteiger partial charge in [-0.3, -0.25) is 9.36 Å². The molecule has 2 N–H and O–H groups in total. The number of ether oxygens (including phenoxy) is 2. The summed E-state index contributed by atoms with van der Waals surface area (Å²) in [5.74, 6) is 1.82. The molecule has 3 aromatic heterocycles. The van der Waals surface area contributed by atoms with Gasteiger partial charge < -0.3 is 19.8 Å². The van der Waals surface area contributed by atoms with Gasteiger partial charge in [-0.25, -0.2) is 4.98 Å². The molecule has 0 unspecified atom stereocenters. The summed E-state index contributed by atoms with van der Waals surface area (Å²) >= 11 is 2.72. The lowest BCUT2D eigenvalue weighted by Gasteiger charge is -2.15. The molecule has 6 rings (SSSR count). The van der Waals surface area contributed by atoms with Crippen molar-refractivity contribution >= 4 is 55.3 Å². The van der Waals surface area contributed by atoms with E-state index in [-0.39, 0.29) is 11.7 Å². The van der Waals surface area contributed by atoms with Gasteiger partial charge in [0.05, 0.1) is 35.9 Å². The number of thioether (sulfide) groups is 1. The molecule has 0 fully saturated rings. The van der Waals surface area contributed by atoms with Crippen LogP contribution in [0.2, 0.25) is 0 Å². The number of amides is 1. The third kappa shape index (κ3) is 4.46. The summed E-state index contributed by atoms with van der Waals surface area (Å²) in [6, 6.07) is 21.3. The fourth-order valence-electron chi connectivity index (χ4n) is 4.19. The molecule has 9 nitrogen and oxygen atoms in total. The van der Waals surface area contributed by atoms with Crippen LogP contribution in [0.15, 0.2) is 78.1 Å². The molecular weight excluding hydrogens is 520 g/mol. The average Bonchev–Trinajstić information content (AvgIpc) is 3.67. The first-order valence-corrected chi connectivity index (χ1v) is 13.5. The van der Waals surface area contributed by atoms with Gasteiger partial charge in [-0.05, 0) is 30.3 Å². The summed E-state index contributed by atoms with van der Waals surface area (Å²) in [5.41, 5.74) is 3.42. The van der Waals surface area contributed by atoms with E-state index in [1.165, 1.54) is 23.1 Å². The van der Waals surface area contributed by atoms with Crippen molar-refractivity contribution in [3.8, 4) is 28.6 Å². The van der Waals surface area contributed by atoms with Gasteiger partial charge in [0.25, 0.3) is 0 Å². The quantitative estimate of drug-likeness (QED) is 0.235. The number of hydrogen-bond donors (Lipinski definition) is 2. The number of para-hydroxylation sites is 2. The normalized spacial score (nSPS) is 11.2. The fourth-order valence-corrected chi connectivity index (χ4v) is 5.82. The molecule has 0 aliphatic carbocycles. The predicted molar refractivity (Wildman–Crippen MR) is 151 cm³/mol. The van der Waals surface area contributed by atoms with Crippen LogP contribution < -0.4 is 14.8 Å². The summed E-state index contributed by atoms with van der Waals surface area (Å²) in [5, 5.41) is 14.0. The number of thiazole rings is 1. The van der Waals surface area contributed by atoms with Gasteiger partial charge in [-0.2, -0.15) is 0 Å². The van der Waals surface area contributed by atoms with Crippen LogP contribution in [0, 0.1) is 0 Å². The van der Waals surface area contributed by atoms with E-state index in [0.29, 0.717) is 33.3 Å². The second kappa shape index (κ2) is 10.2. The monoisotopic (exact) mass is 542 g/mol. The van der Waals surface area contributed by atoms with Gasteiger partial charge in [-0.1, -0.05) is 53.4 Å². The van der Waals surface area contributed by atoms with Crippen molar-refractivity contribution in [2.45, 2.75) is 5.16 Å². The number of nitrogens with zero attached hydrogens (tertiary/aromatic N) is 4. The van der Waals surface area contributed by atoms with Crippen molar-refractivity contribution in [1.82, 2.24) is 24.7 Å². The highest BCUT2D eigenvalue weighted by atomic mass is 32.2. The fraction of sp³-hybridized carbons (Fsp3) is 0.111. The SMILES string of the molecule is COc1ccc(OC)c(-n2c(SCC(=O)Nc3nc4ccccc4s3)nnc2-c2c[nH]c3ccccc23)c1. The largest absolute Gasteiger partial charge is 0.497 e. The van der Waals surface area contributed by atoms with Crippen LogP contribution in [-0.2, 0) is 4.79 Å². The van der Waals surface area contributed by atoms with E-state index in [0.717, 1.165) is 26.7 Å². The molecule has 0 saturated heterocycles. The van der Waals surface area contributed by atoms with Gasteiger partial charge in [0, 0.05) is 28.7 Å². The van der Waals surface area contributed by atoms with Crippen molar-refractivity contribution in [3.05, 3.63) is 72.9 Å². The summed E-state index contributed by atoms with van der Waals surface area (Å²) in [4.78, 5) is 20.7. The van der Waals surface area contributed by atoms with Crippen LogP contribution in [0.4, 0.5) is 5.13 Å². The summed E-state index contributed by atoms with van der Waals surface area (Å²) in [7, 11) is 3.22. The first-order valence-electron chi connectivity index (χ1n) is 11.7. The Kier molecular flexibility index (Phi) is 6.44. The van der Waals surface area contributed by atoms with Crippen LogP contribution in [0.1, 0.15) is 0 Å². The third-order valence-corrected chi connectivity index (χ3v) is 7.84. The first-order chi connectivity index (χ1) is 18.6. The Bertz CT molecular complexity index is 1740. The van der Waals surface area contributed by atoms with E-state index in [1.807, 2.05) is 77.5 Å². The molecule has 0 aliphatic rings. The van der Waals surface area contributed by atoms with E-state index in [1.54, 1.807) is 14.2 Å². The van der Waals surface area contributed by atoms with Gasteiger partial charge in [0.15, 0.2) is 16.1 Å². The number of carbonyl (C=O) groups is 1. The first kappa shape index (κ1) is 24.0. The predicted octanol–water partition coefficient (Wildman–Crippen LogP) is 5.77. The molecule has 190 valence electrons. The minimum Gasteiger partial charge on any atom is -0.497 e. The highest BCUT2D eigenvalue weighted by molar-refractivity contribution is 7.99. The Labute approximate surface area is 225 Å². The van der Waals surface area contributed by atoms with Gasteiger partial charge in [0.1, 0.15) is 11.5 Å². The number of carbonyl (C=O) groups excluding carboxylic acids is 1. The molecule has 0 aliphatic heterocycles. The second-order valence-corrected chi connectivity index (χ2v) is 10.2. The molecule has 1 amide bonds. The Morgan fingerprint density at radius 2 is 1.89 bits per heavy atom. The number of H-pyrrole nitrogens is 1. The number of aromatic nitrogens is 5. The van der Waals surface area contributed by atoms with Crippen molar-refractivity contribution in [1.29, 1.82) is 0 Å². The molecule has 0 spiro atoms. The topological polar surface area (TPSA) is 107 Å². The summed E-state index contributed by atoms with van der Waals surface area (Å²) in [6.07, 6.45) is 1.91. The number of nitrogens with one attached hydrogen (secondary N) is 2. The van der Waals surface area contributed by atoms with Crippen molar-refractivity contribution in [3.63, 3.8) is 0 Å². The van der Waals surface area contributed by atoms with E-state index >= 15 is 0 Å². The lowest BCUT2D eigenvalue weighted by atomic mass is 10.1. The van der Waals surface area contributed by atoms with E-state index in [9.17, 15) is 4.79 Å². The molecule has 3 aromatic carbocycles. The highest BCUT2D eigenvalue weighted by Crippen LogP contribution is 2.37. The van der Waals surface area contributed by atoms with Gasteiger partial charge in [-0.15, -0.1) is 10.2 Å². The Hall–Kier alpha value is -4.35. The number of benzene rings is 3. The second-order valence-electron chi connectivity index (χ2n) is 8.25. The lowest BCUT2D eigenvalue weighted by molar-refractivity contribution is -0.113. The molecule has 0 saturated carbocycles. The zero-order valence-corrected chi connectivity index (χ0v) is 22.1.